The Labute approximate surface area is 139 Å². The van der Waals surface area contributed by atoms with Gasteiger partial charge in [0.25, 0.3) is 0 Å². The Morgan fingerprint density at radius 2 is 2.17 bits per heavy atom. The number of halogens is 1. The van der Waals surface area contributed by atoms with Crippen LogP contribution in [0.1, 0.15) is 12.8 Å². The van der Waals surface area contributed by atoms with E-state index in [1.165, 1.54) is 0 Å². The van der Waals surface area contributed by atoms with Crippen molar-refractivity contribution in [1.29, 1.82) is 0 Å². The van der Waals surface area contributed by atoms with E-state index in [9.17, 15) is 0 Å². The van der Waals surface area contributed by atoms with Gasteiger partial charge in [-0.3, -0.25) is 0 Å². The van der Waals surface area contributed by atoms with Gasteiger partial charge in [0.15, 0.2) is 5.82 Å². The lowest BCUT2D eigenvalue weighted by molar-refractivity contribution is 0.503. The highest BCUT2D eigenvalue weighted by molar-refractivity contribution is 6.30. The van der Waals surface area contributed by atoms with Gasteiger partial charge in [0, 0.05) is 42.1 Å². The van der Waals surface area contributed by atoms with Crippen LogP contribution in [0.25, 0.3) is 16.8 Å². The average Bonchev–Trinajstić information content (AvgIpc) is 2.99. The van der Waals surface area contributed by atoms with Gasteiger partial charge in [0.2, 0.25) is 0 Å². The lowest BCUT2D eigenvalue weighted by Crippen LogP contribution is -2.43. The van der Waals surface area contributed by atoms with Crippen molar-refractivity contribution < 1.29 is 0 Å². The molecule has 1 fully saturated rings. The molecule has 0 radical (unpaired) electrons. The molecule has 0 saturated carbocycles. The van der Waals surface area contributed by atoms with Crippen LogP contribution >= 0.6 is 11.6 Å². The van der Waals surface area contributed by atoms with E-state index in [1.54, 1.807) is 6.20 Å². The predicted molar refractivity (Wildman–Crippen MR) is 92.9 cm³/mol. The first-order valence-electron chi connectivity index (χ1n) is 7.81. The highest BCUT2D eigenvalue weighted by Gasteiger charge is 2.20. The van der Waals surface area contributed by atoms with Gasteiger partial charge < -0.3 is 10.6 Å². The number of hydrogen-bond donors (Lipinski definition) is 1. The molecule has 1 atom stereocenters. The number of hydrogen-bond acceptors (Lipinski definition) is 4. The van der Waals surface area contributed by atoms with Crippen LogP contribution in [0.5, 0.6) is 0 Å². The van der Waals surface area contributed by atoms with Crippen LogP contribution < -0.4 is 10.6 Å². The Hall–Kier alpha value is -2.11. The first kappa shape index (κ1) is 14.5. The zero-order chi connectivity index (χ0) is 15.8. The third-order valence-corrected chi connectivity index (χ3v) is 4.48. The largest absolute Gasteiger partial charge is 0.353 e. The van der Waals surface area contributed by atoms with Crippen molar-refractivity contribution in [3.8, 4) is 11.3 Å². The van der Waals surface area contributed by atoms with Crippen LogP contribution in [0.15, 0.2) is 42.7 Å². The maximum absolute atomic E-state index is 6.11. The van der Waals surface area contributed by atoms with Crippen molar-refractivity contribution in [2.24, 2.45) is 5.73 Å². The van der Waals surface area contributed by atoms with Gasteiger partial charge in [0.1, 0.15) is 5.52 Å². The number of nitrogens with zero attached hydrogens (tertiary/aromatic N) is 4. The normalized spacial score (nSPS) is 18.5. The van der Waals surface area contributed by atoms with Gasteiger partial charge in [-0.2, -0.15) is 5.10 Å². The van der Waals surface area contributed by atoms with Gasteiger partial charge in [-0.25, -0.2) is 9.50 Å². The third-order valence-electron chi connectivity index (χ3n) is 4.25. The Balaban J connectivity index is 1.78. The van der Waals surface area contributed by atoms with E-state index in [0.29, 0.717) is 5.02 Å². The lowest BCUT2D eigenvalue weighted by Gasteiger charge is -2.31. The molecule has 2 aromatic heterocycles. The number of fused-ring (bicyclic) bond motifs is 1. The van der Waals surface area contributed by atoms with Gasteiger partial charge in [-0.05, 0) is 31.0 Å². The Morgan fingerprint density at radius 1 is 1.26 bits per heavy atom. The quantitative estimate of drug-likeness (QED) is 0.786. The SMILES string of the molecule is NC1CCCN(c2nccn3nc(-c4cccc(Cl)c4)cc23)C1. The minimum Gasteiger partial charge on any atom is -0.353 e. The van der Waals surface area contributed by atoms with Crippen LogP contribution in [-0.2, 0) is 0 Å². The Bertz CT molecular complexity index is 844. The molecular weight excluding hydrogens is 310 g/mol. The zero-order valence-electron chi connectivity index (χ0n) is 12.7. The van der Waals surface area contributed by atoms with E-state index in [0.717, 1.165) is 48.5 Å². The number of rotatable bonds is 2. The minimum absolute atomic E-state index is 0.209. The fourth-order valence-corrected chi connectivity index (χ4v) is 3.33. The van der Waals surface area contributed by atoms with Gasteiger partial charge in [-0.1, -0.05) is 23.7 Å². The monoisotopic (exact) mass is 327 g/mol. The molecule has 3 aromatic rings. The molecule has 23 heavy (non-hydrogen) atoms. The smallest absolute Gasteiger partial charge is 0.154 e. The molecule has 6 heteroatoms. The molecule has 1 aliphatic rings. The predicted octanol–water partition coefficient (Wildman–Crippen LogP) is 2.98. The van der Waals surface area contributed by atoms with Crippen molar-refractivity contribution in [2.75, 3.05) is 18.0 Å². The average molecular weight is 328 g/mol. The Kier molecular flexibility index (Phi) is 3.67. The molecular formula is C17H18ClN5. The molecule has 1 aromatic carbocycles. The third kappa shape index (κ3) is 2.78. The summed E-state index contributed by atoms with van der Waals surface area (Å²) >= 11 is 6.09. The van der Waals surface area contributed by atoms with Crippen LogP contribution in [0.3, 0.4) is 0 Å². The van der Waals surface area contributed by atoms with Crippen LogP contribution in [0.4, 0.5) is 5.82 Å². The Morgan fingerprint density at radius 3 is 3.00 bits per heavy atom. The second kappa shape index (κ2) is 5.83. The molecule has 1 saturated heterocycles. The first-order chi connectivity index (χ1) is 11.2. The molecule has 4 rings (SSSR count). The second-order valence-electron chi connectivity index (χ2n) is 5.97. The summed E-state index contributed by atoms with van der Waals surface area (Å²) in [6.45, 7) is 1.82. The molecule has 0 spiro atoms. The van der Waals surface area contributed by atoms with Crippen molar-refractivity contribution in [2.45, 2.75) is 18.9 Å². The van der Waals surface area contributed by atoms with Gasteiger partial charge in [-0.15, -0.1) is 0 Å². The number of nitrogens with two attached hydrogens (primary N) is 1. The maximum atomic E-state index is 6.11. The van der Waals surface area contributed by atoms with Crippen LogP contribution in [-0.4, -0.2) is 33.7 Å². The topological polar surface area (TPSA) is 59.5 Å². The van der Waals surface area contributed by atoms with Crippen molar-refractivity contribution in [3.05, 3.63) is 47.7 Å². The summed E-state index contributed by atoms with van der Waals surface area (Å²) < 4.78 is 1.87. The molecule has 1 unspecified atom stereocenters. The summed E-state index contributed by atoms with van der Waals surface area (Å²) in [5.41, 5.74) is 9.00. The number of piperidine rings is 1. The summed E-state index contributed by atoms with van der Waals surface area (Å²) in [5.74, 6) is 0.948. The van der Waals surface area contributed by atoms with Crippen LogP contribution in [0, 0.1) is 0 Å². The highest BCUT2D eigenvalue weighted by atomic mass is 35.5. The van der Waals surface area contributed by atoms with Crippen LogP contribution in [0.2, 0.25) is 5.02 Å². The summed E-state index contributed by atoms with van der Waals surface area (Å²) in [6, 6.07) is 10.0. The minimum atomic E-state index is 0.209. The summed E-state index contributed by atoms with van der Waals surface area (Å²) in [4.78, 5) is 6.83. The van der Waals surface area contributed by atoms with E-state index in [4.69, 9.17) is 17.3 Å². The number of aromatic nitrogens is 3. The maximum Gasteiger partial charge on any atom is 0.154 e. The van der Waals surface area contributed by atoms with E-state index < -0.39 is 0 Å². The fraction of sp³-hybridized carbons (Fsp3) is 0.294. The number of benzene rings is 1. The van der Waals surface area contributed by atoms with Gasteiger partial charge in [0.05, 0.1) is 5.69 Å². The first-order valence-corrected chi connectivity index (χ1v) is 8.19. The second-order valence-corrected chi connectivity index (χ2v) is 6.41. The molecule has 0 aliphatic carbocycles. The zero-order valence-corrected chi connectivity index (χ0v) is 13.4. The van der Waals surface area contributed by atoms with E-state index in [-0.39, 0.29) is 6.04 Å². The van der Waals surface area contributed by atoms with Crippen molar-refractivity contribution in [3.63, 3.8) is 0 Å². The van der Waals surface area contributed by atoms with E-state index in [2.05, 4.69) is 21.0 Å². The summed E-state index contributed by atoms with van der Waals surface area (Å²) in [7, 11) is 0. The van der Waals surface area contributed by atoms with Gasteiger partial charge >= 0.3 is 0 Å². The van der Waals surface area contributed by atoms with E-state index >= 15 is 0 Å². The molecule has 118 valence electrons. The molecule has 0 amide bonds. The van der Waals surface area contributed by atoms with Crippen molar-refractivity contribution >= 4 is 22.9 Å². The molecule has 2 N–H and O–H groups in total. The molecule has 1 aliphatic heterocycles. The molecule has 0 bridgehead atoms. The van der Waals surface area contributed by atoms with Crippen molar-refractivity contribution in [1.82, 2.24) is 14.6 Å². The molecule has 5 nitrogen and oxygen atoms in total. The standard InChI is InChI=1S/C17H18ClN5/c18-13-4-1-3-12(9-13)15-10-16-17(20-6-8-23(16)21-15)22-7-2-5-14(19)11-22/h1,3-4,6,8-10,14H,2,5,7,11,19H2. The number of anilines is 1. The highest BCUT2D eigenvalue weighted by Crippen LogP contribution is 2.27. The summed E-state index contributed by atoms with van der Waals surface area (Å²) in [5, 5.41) is 5.37. The lowest BCUT2D eigenvalue weighted by atomic mass is 10.1. The van der Waals surface area contributed by atoms with E-state index in [1.807, 2.05) is 35.0 Å². The molecule has 3 heterocycles. The summed E-state index contributed by atoms with van der Waals surface area (Å²) in [6.07, 6.45) is 5.83. The fourth-order valence-electron chi connectivity index (χ4n) is 3.14.